The minimum Gasteiger partial charge on any atom is -0.377 e. The first-order valence-corrected chi connectivity index (χ1v) is 5.78. The van der Waals surface area contributed by atoms with Crippen molar-refractivity contribution in [2.75, 3.05) is 19.7 Å². The molecule has 14 heavy (non-hydrogen) atoms. The van der Waals surface area contributed by atoms with Crippen molar-refractivity contribution >= 4 is 0 Å². The van der Waals surface area contributed by atoms with Crippen LogP contribution in [-0.4, -0.2) is 25.8 Å². The van der Waals surface area contributed by atoms with Crippen LogP contribution in [0, 0.1) is 0 Å². The molecule has 0 radical (unpaired) electrons. The van der Waals surface area contributed by atoms with Gasteiger partial charge in [0.25, 0.3) is 0 Å². The summed E-state index contributed by atoms with van der Waals surface area (Å²) in [5.41, 5.74) is 0. The molecule has 0 rings (SSSR count). The maximum Gasteiger partial charge on any atom is 0.0696 e. The summed E-state index contributed by atoms with van der Waals surface area (Å²) in [6, 6.07) is 0. The maximum absolute atomic E-state index is 5.73. The van der Waals surface area contributed by atoms with Gasteiger partial charge in [-0.15, -0.1) is 6.58 Å². The van der Waals surface area contributed by atoms with Crippen LogP contribution in [0.25, 0.3) is 0 Å². The van der Waals surface area contributed by atoms with Crippen LogP contribution in [0.15, 0.2) is 12.7 Å². The lowest BCUT2D eigenvalue weighted by molar-refractivity contribution is 0.0498. The standard InChI is InChI=1S/C12H25NO/c1-4-7-8-10-14-12(6-3)11-13-9-5-2/h4,12-13H,1,5-11H2,2-3H3. The van der Waals surface area contributed by atoms with Gasteiger partial charge in [0.05, 0.1) is 6.10 Å². The third-order valence-corrected chi connectivity index (χ3v) is 2.16. The fourth-order valence-corrected chi connectivity index (χ4v) is 1.24. The highest BCUT2D eigenvalue weighted by atomic mass is 16.5. The van der Waals surface area contributed by atoms with Gasteiger partial charge in [0.1, 0.15) is 0 Å². The third kappa shape index (κ3) is 8.27. The first kappa shape index (κ1) is 13.7. The lowest BCUT2D eigenvalue weighted by atomic mass is 10.2. The lowest BCUT2D eigenvalue weighted by Gasteiger charge is -2.16. The molecule has 2 heteroatoms. The van der Waals surface area contributed by atoms with E-state index in [1.165, 1.54) is 6.42 Å². The first-order chi connectivity index (χ1) is 6.85. The second-order valence-electron chi connectivity index (χ2n) is 3.54. The van der Waals surface area contributed by atoms with Crippen molar-refractivity contribution in [3.8, 4) is 0 Å². The molecule has 0 aliphatic rings. The van der Waals surface area contributed by atoms with Gasteiger partial charge < -0.3 is 10.1 Å². The van der Waals surface area contributed by atoms with E-state index in [0.717, 1.165) is 39.0 Å². The number of unbranched alkanes of at least 4 members (excludes halogenated alkanes) is 1. The minimum atomic E-state index is 0.381. The summed E-state index contributed by atoms with van der Waals surface area (Å²) >= 11 is 0. The Morgan fingerprint density at radius 1 is 1.43 bits per heavy atom. The van der Waals surface area contributed by atoms with Gasteiger partial charge in [0.15, 0.2) is 0 Å². The third-order valence-electron chi connectivity index (χ3n) is 2.16. The van der Waals surface area contributed by atoms with Crippen LogP contribution in [-0.2, 0) is 4.74 Å². The summed E-state index contributed by atoms with van der Waals surface area (Å²) in [7, 11) is 0. The molecule has 0 heterocycles. The van der Waals surface area contributed by atoms with Crippen molar-refractivity contribution in [1.29, 1.82) is 0 Å². The molecule has 0 saturated heterocycles. The molecule has 0 amide bonds. The summed E-state index contributed by atoms with van der Waals surface area (Å²) in [5.74, 6) is 0. The van der Waals surface area contributed by atoms with Gasteiger partial charge in [-0.05, 0) is 32.2 Å². The Labute approximate surface area is 88.7 Å². The number of rotatable bonds is 10. The predicted octanol–water partition coefficient (Wildman–Crippen LogP) is 2.75. The van der Waals surface area contributed by atoms with Gasteiger partial charge in [0, 0.05) is 13.2 Å². The quantitative estimate of drug-likeness (QED) is 0.431. The van der Waals surface area contributed by atoms with E-state index >= 15 is 0 Å². The van der Waals surface area contributed by atoms with Crippen molar-refractivity contribution in [1.82, 2.24) is 5.32 Å². The van der Waals surface area contributed by atoms with Crippen molar-refractivity contribution in [3.05, 3.63) is 12.7 Å². The SMILES string of the molecule is C=CCCCOC(CC)CNCCC. The normalized spacial score (nSPS) is 12.7. The number of allylic oxidation sites excluding steroid dienone is 1. The molecule has 1 N–H and O–H groups in total. The summed E-state index contributed by atoms with van der Waals surface area (Å²) in [6.45, 7) is 11.0. The number of hydrogen-bond acceptors (Lipinski definition) is 2. The van der Waals surface area contributed by atoms with Gasteiger partial charge in [-0.25, -0.2) is 0 Å². The Kier molecular flexibility index (Phi) is 10.5. The second kappa shape index (κ2) is 10.7. The predicted molar refractivity (Wildman–Crippen MR) is 62.6 cm³/mol. The summed E-state index contributed by atoms with van der Waals surface area (Å²) in [6.07, 6.45) is 6.75. The molecule has 84 valence electrons. The van der Waals surface area contributed by atoms with Crippen LogP contribution in [0.1, 0.15) is 39.5 Å². The molecule has 0 fully saturated rings. The largest absolute Gasteiger partial charge is 0.377 e. The van der Waals surface area contributed by atoms with Gasteiger partial charge in [-0.3, -0.25) is 0 Å². The van der Waals surface area contributed by atoms with Crippen molar-refractivity contribution in [3.63, 3.8) is 0 Å². The van der Waals surface area contributed by atoms with Gasteiger partial charge in [0.2, 0.25) is 0 Å². The zero-order valence-electron chi connectivity index (χ0n) is 9.72. The van der Waals surface area contributed by atoms with E-state index in [-0.39, 0.29) is 0 Å². The Balaban J connectivity index is 3.33. The zero-order valence-corrected chi connectivity index (χ0v) is 9.72. The Bertz CT molecular complexity index is 125. The molecule has 1 unspecified atom stereocenters. The molecule has 0 aromatic rings. The lowest BCUT2D eigenvalue weighted by Crippen LogP contribution is -2.29. The number of ether oxygens (including phenoxy) is 1. The highest BCUT2D eigenvalue weighted by Crippen LogP contribution is 1.99. The van der Waals surface area contributed by atoms with Crippen LogP contribution < -0.4 is 5.32 Å². The molecule has 0 aliphatic carbocycles. The molecule has 2 nitrogen and oxygen atoms in total. The molecule has 0 aromatic carbocycles. The fourth-order valence-electron chi connectivity index (χ4n) is 1.24. The summed E-state index contributed by atoms with van der Waals surface area (Å²) in [5, 5.41) is 3.38. The van der Waals surface area contributed by atoms with E-state index in [4.69, 9.17) is 4.74 Å². The van der Waals surface area contributed by atoms with Crippen molar-refractivity contribution < 1.29 is 4.74 Å². The van der Waals surface area contributed by atoms with Crippen molar-refractivity contribution in [2.24, 2.45) is 0 Å². The second-order valence-corrected chi connectivity index (χ2v) is 3.54. The van der Waals surface area contributed by atoms with E-state index in [1.807, 2.05) is 6.08 Å². The van der Waals surface area contributed by atoms with Crippen LogP contribution in [0.3, 0.4) is 0 Å². The van der Waals surface area contributed by atoms with E-state index in [9.17, 15) is 0 Å². The Hall–Kier alpha value is -0.340. The fraction of sp³-hybridized carbons (Fsp3) is 0.833. The Morgan fingerprint density at radius 2 is 2.21 bits per heavy atom. The Morgan fingerprint density at radius 3 is 2.79 bits per heavy atom. The van der Waals surface area contributed by atoms with Crippen LogP contribution in [0.5, 0.6) is 0 Å². The number of nitrogens with one attached hydrogen (secondary N) is 1. The van der Waals surface area contributed by atoms with Crippen LogP contribution >= 0.6 is 0 Å². The molecule has 0 aliphatic heterocycles. The average Bonchev–Trinajstić information content (AvgIpc) is 2.22. The molecular formula is C12H25NO. The molecule has 1 atom stereocenters. The van der Waals surface area contributed by atoms with Gasteiger partial charge in [-0.2, -0.15) is 0 Å². The minimum absolute atomic E-state index is 0.381. The van der Waals surface area contributed by atoms with Crippen LogP contribution in [0.4, 0.5) is 0 Å². The molecule has 0 aromatic heterocycles. The van der Waals surface area contributed by atoms with Gasteiger partial charge >= 0.3 is 0 Å². The maximum atomic E-state index is 5.73. The molecule has 0 spiro atoms. The highest BCUT2D eigenvalue weighted by Gasteiger charge is 2.04. The van der Waals surface area contributed by atoms with Gasteiger partial charge in [-0.1, -0.05) is 19.9 Å². The van der Waals surface area contributed by atoms with Crippen molar-refractivity contribution in [2.45, 2.75) is 45.6 Å². The highest BCUT2D eigenvalue weighted by molar-refractivity contribution is 4.66. The topological polar surface area (TPSA) is 21.3 Å². The monoisotopic (exact) mass is 199 g/mol. The molecule has 0 saturated carbocycles. The summed E-state index contributed by atoms with van der Waals surface area (Å²) < 4.78 is 5.73. The first-order valence-electron chi connectivity index (χ1n) is 5.78. The smallest absolute Gasteiger partial charge is 0.0696 e. The van der Waals surface area contributed by atoms with E-state index in [0.29, 0.717) is 6.10 Å². The average molecular weight is 199 g/mol. The number of hydrogen-bond donors (Lipinski definition) is 1. The van der Waals surface area contributed by atoms with Crippen LogP contribution in [0.2, 0.25) is 0 Å². The molecule has 0 bridgehead atoms. The summed E-state index contributed by atoms with van der Waals surface area (Å²) in [4.78, 5) is 0. The zero-order chi connectivity index (χ0) is 10.6. The molecular weight excluding hydrogens is 174 g/mol. The van der Waals surface area contributed by atoms with E-state index in [2.05, 4.69) is 25.7 Å². The van der Waals surface area contributed by atoms with E-state index < -0.39 is 0 Å². The van der Waals surface area contributed by atoms with E-state index in [1.54, 1.807) is 0 Å².